The monoisotopic (exact) mass is 372 g/mol. The van der Waals surface area contributed by atoms with Gasteiger partial charge in [0.25, 0.3) is 0 Å². The average Bonchev–Trinajstić information content (AvgIpc) is 3.54. The van der Waals surface area contributed by atoms with Crippen molar-refractivity contribution < 1.29 is 14.2 Å². The van der Waals surface area contributed by atoms with E-state index in [9.17, 15) is 0 Å². The zero-order valence-corrected chi connectivity index (χ0v) is 17.3. The van der Waals surface area contributed by atoms with Crippen LogP contribution in [-0.4, -0.2) is 36.6 Å². The van der Waals surface area contributed by atoms with Crippen LogP contribution in [-0.2, 0) is 14.2 Å². The van der Waals surface area contributed by atoms with E-state index in [4.69, 9.17) is 14.2 Å². The fourth-order valence-corrected chi connectivity index (χ4v) is 7.82. The van der Waals surface area contributed by atoms with E-state index in [1.807, 2.05) is 0 Å². The van der Waals surface area contributed by atoms with Crippen molar-refractivity contribution >= 4 is 0 Å². The maximum atomic E-state index is 5.70. The summed E-state index contributed by atoms with van der Waals surface area (Å²) in [6.07, 6.45) is 13.8. The highest BCUT2D eigenvalue weighted by molar-refractivity contribution is 5.13. The first-order chi connectivity index (χ1) is 13.0. The van der Waals surface area contributed by atoms with E-state index in [0.717, 1.165) is 47.3 Å². The molecule has 0 aromatic carbocycles. The second-order valence-electron chi connectivity index (χ2n) is 10.9. The molecule has 0 amide bonds. The van der Waals surface area contributed by atoms with Crippen LogP contribution in [0.3, 0.4) is 0 Å². The molecule has 0 aromatic heterocycles. The first kappa shape index (κ1) is 17.5. The molecule has 3 saturated heterocycles. The lowest BCUT2D eigenvalue weighted by Crippen LogP contribution is -2.22. The summed E-state index contributed by atoms with van der Waals surface area (Å²) in [5.74, 6) is 7.10. The molecule has 150 valence electrons. The normalized spacial score (nSPS) is 63.9. The lowest BCUT2D eigenvalue weighted by Gasteiger charge is -2.18. The number of fused-ring (bicyclic) bond motifs is 4. The molecule has 7 rings (SSSR count). The number of ether oxygens (including phenoxy) is 3. The van der Waals surface area contributed by atoms with Crippen LogP contribution in [0.15, 0.2) is 12.2 Å². The highest BCUT2D eigenvalue weighted by Gasteiger charge is 2.65. The Kier molecular flexibility index (Phi) is 3.92. The van der Waals surface area contributed by atoms with Crippen LogP contribution in [0.2, 0.25) is 0 Å². The van der Waals surface area contributed by atoms with Crippen LogP contribution < -0.4 is 0 Å². The quantitative estimate of drug-likeness (QED) is 0.531. The Bertz CT molecular complexity index is 631. The van der Waals surface area contributed by atoms with Gasteiger partial charge in [0.1, 0.15) is 0 Å². The molecule has 0 bridgehead atoms. The predicted molar refractivity (Wildman–Crippen MR) is 104 cm³/mol. The van der Waals surface area contributed by atoms with Crippen LogP contribution in [0.4, 0.5) is 0 Å². The van der Waals surface area contributed by atoms with Crippen molar-refractivity contribution in [1.82, 2.24) is 0 Å². The molecule has 27 heavy (non-hydrogen) atoms. The zero-order valence-electron chi connectivity index (χ0n) is 17.3. The van der Waals surface area contributed by atoms with E-state index in [2.05, 4.69) is 39.8 Å². The highest BCUT2D eigenvalue weighted by Crippen LogP contribution is 2.61. The van der Waals surface area contributed by atoms with Gasteiger partial charge in [0.15, 0.2) is 0 Å². The maximum absolute atomic E-state index is 5.70. The van der Waals surface area contributed by atoms with Gasteiger partial charge in [0, 0.05) is 0 Å². The van der Waals surface area contributed by atoms with Crippen molar-refractivity contribution in [3.8, 4) is 0 Å². The van der Waals surface area contributed by atoms with Crippen molar-refractivity contribution in [1.29, 1.82) is 0 Å². The van der Waals surface area contributed by atoms with Crippen LogP contribution in [0.1, 0.15) is 53.4 Å². The third-order valence-corrected chi connectivity index (χ3v) is 9.36. The van der Waals surface area contributed by atoms with E-state index in [1.54, 1.807) is 0 Å². The van der Waals surface area contributed by atoms with Crippen LogP contribution in [0, 0.1) is 47.3 Å². The van der Waals surface area contributed by atoms with Gasteiger partial charge in [0.05, 0.1) is 36.6 Å². The number of epoxide rings is 3. The molecule has 6 fully saturated rings. The zero-order chi connectivity index (χ0) is 18.4. The molecule has 3 aliphatic heterocycles. The summed E-state index contributed by atoms with van der Waals surface area (Å²) in [5.41, 5.74) is 0. The predicted octanol–water partition coefficient (Wildman–Crippen LogP) is 4.46. The number of hydrogen-bond acceptors (Lipinski definition) is 3. The van der Waals surface area contributed by atoms with Crippen molar-refractivity contribution in [3.63, 3.8) is 0 Å². The SMILES string of the molecule is CC1CC(C2OC2C)C2C1CC1OC12.CC1CC(C2OC2C)C2C=CCC12. The minimum absolute atomic E-state index is 0.531. The van der Waals surface area contributed by atoms with Gasteiger partial charge >= 0.3 is 0 Å². The molecule has 0 aromatic rings. The van der Waals surface area contributed by atoms with E-state index in [1.165, 1.54) is 25.7 Å². The Morgan fingerprint density at radius 1 is 0.667 bits per heavy atom. The largest absolute Gasteiger partial charge is 0.370 e. The lowest BCUT2D eigenvalue weighted by atomic mass is 9.87. The maximum Gasteiger partial charge on any atom is 0.0876 e. The first-order valence-corrected chi connectivity index (χ1v) is 11.7. The third-order valence-electron chi connectivity index (χ3n) is 9.36. The molecule has 14 unspecified atom stereocenters. The van der Waals surface area contributed by atoms with Gasteiger partial charge in [-0.3, -0.25) is 0 Å². The molecular formula is C24H36O3. The van der Waals surface area contributed by atoms with Gasteiger partial charge in [-0.1, -0.05) is 26.0 Å². The summed E-state index contributed by atoms with van der Waals surface area (Å²) in [5, 5.41) is 0. The van der Waals surface area contributed by atoms with Crippen molar-refractivity contribution in [2.75, 3.05) is 0 Å². The Labute approximate surface area is 164 Å². The molecule has 0 N–H and O–H groups in total. The van der Waals surface area contributed by atoms with Gasteiger partial charge in [-0.2, -0.15) is 0 Å². The topological polar surface area (TPSA) is 37.6 Å². The first-order valence-electron chi connectivity index (χ1n) is 11.7. The minimum atomic E-state index is 0.531. The second kappa shape index (κ2) is 6.06. The van der Waals surface area contributed by atoms with Gasteiger partial charge in [-0.05, 0) is 86.9 Å². The summed E-state index contributed by atoms with van der Waals surface area (Å²) in [6.45, 7) is 9.26. The number of hydrogen-bond donors (Lipinski definition) is 0. The van der Waals surface area contributed by atoms with E-state index in [0.29, 0.717) is 36.6 Å². The standard InChI is InChI=1S/C12H18O2.C12H18O/c1-5-3-8(11-6(2)13-11)10-7(5)4-9-12(10)14-9;1-7-6-11(12-8(2)13-12)10-5-3-4-9(7)10/h5-12H,3-4H2,1-2H3;3,5,7-12H,4,6H2,1-2H3. The van der Waals surface area contributed by atoms with Gasteiger partial charge < -0.3 is 14.2 Å². The van der Waals surface area contributed by atoms with Gasteiger partial charge in [-0.25, -0.2) is 0 Å². The third kappa shape index (κ3) is 2.79. The van der Waals surface area contributed by atoms with Crippen LogP contribution >= 0.6 is 0 Å². The Hall–Kier alpha value is -0.380. The Balaban J connectivity index is 0.000000109. The average molecular weight is 373 g/mol. The summed E-state index contributed by atoms with van der Waals surface area (Å²) in [7, 11) is 0. The molecule has 3 saturated carbocycles. The fraction of sp³-hybridized carbons (Fsp3) is 0.917. The number of allylic oxidation sites excluding steroid dienone is 2. The molecule has 4 aliphatic carbocycles. The smallest absolute Gasteiger partial charge is 0.0876 e. The summed E-state index contributed by atoms with van der Waals surface area (Å²) in [4.78, 5) is 0. The van der Waals surface area contributed by atoms with Crippen molar-refractivity contribution in [2.24, 2.45) is 47.3 Å². The summed E-state index contributed by atoms with van der Waals surface area (Å²) in [6, 6.07) is 0. The minimum Gasteiger partial charge on any atom is -0.370 e. The van der Waals surface area contributed by atoms with Crippen molar-refractivity contribution in [3.05, 3.63) is 12.2 Å². The molecular weight excluding hydrogens is 336 g/mol. The van der Waals surface area contributed by atoms with Crippen LogP contribution in [0.25, 0.3) is 0 Å². The van der Waals surface area contributed by atoms with E-state index < -0.39 is 0 Å². The Morgan fingerprint density at radius 3 is 2.00 bits per heavy atom. The van der Waals surface area contributed by atoms with E-state index in [-0.39, 0.29) is 0 Å². The molecule has 3 nitrogen and oxygen atoms in total. The molecule has 3 heterocycles. The van der Waals surface area contributed by atoms with Crippen LogP contribution in [0.5, 0.6) is 0 Å². The highest BCUT2D eigenvalue weighted by atomic mass is 16.6. The van der Waals surface area contributed by atoms with Gasteiger partial charge in [-0.15, -0.1) is 0 Å². The fourth-order valence-electron chi connectivity index (χ4n) is 7.82. The number of rotatable bonds is 2. The van der Waals surface area contributed by atoms with Gasteiger partial charge in [0.2, 0.25) is 0 Å². The lowest BCUT2D eigenvalue weighted by molar-refractivity contribution is 0.167. The molecule has 0 radical (unpaired) electrons. The van der Waals surface area contributed by atoms with Crippen molar-refractivity contribution in [2.45, 2.75) is 90.0 Å². The van der Waals surface area contributed by atoms with E-state index >= 15 is 0 Å². The summed E-state index contributed by atoms with van der Waals surface area (Å²) < 4.78 is 17.0. The molecule has 7 aliphatic rings. The Morgan fingerprint density at radius 2 is 1.30 bits per heavy atom. The summed E-state index contributed by atoms with van der Waals surface area (Å²) >= 11 is 0. The second-order valence-corrected chi connectivity index (χ2v) is 10.9. The molecule has 3 heteroatoms. The molecule has 0 spiro atoms. The molecule has 14 atom stereocenters.